The second-order valence-corrected chi connectivity index (χ2v) is 11.8. The van der Waals surface area contributed by atoms with Gasteiger partial charge in [-0.05, 0) is 67.1 Å². The molecule has 0 unspecified atom stereocenters. The molecule has 3 aliphatic rings. The number of hydrogen-bond donors (Lipinski definition) is 1. The van der Waals surface area contributed by atoms with Gasteiger partial charge in [0.25, 0.3) is 5.91 Å². The molecule has 1 heterocycles. The van der Waals surface area contributed by atoms with Crippen molar-refractivity contribution in [2.75, 3.05) is 13.1 Å². The number of sulfonamides is 1. The molecule has 1 N–H and O–H groups in total. The van der Waals surface area contributed by atoms with E-state index in [4.69, 9.17) is 0 Å². The molecule has 2 saturated carbocycles. The van der Waals surface area contributed by atoms with Gasteiger partial charge in [0.1, 0.15) is 0 Å². The van der Waals surface area contributed by atoms with Gasteiger partial charge < -0.3 is 5.32 Å². The van der Waals surface area contributed by atoms with E-state index in [9.17, 15) is 13.2 Å². The molecule has 0 spiro atoms. The number of carbonyl (C=O) groups excluding carboxylic acids is 1. The number of rotatable bonds is 4. The molecule has 3 fully saturated rings. The van der Waals surface area contributed by atoms with E-state index in [1.54, 1.807) is 28.6 Å². The Morgan fingerprint density at radius 3 is 2.50 bits per heavy atom. The van der Waals surface area contributed by atoms with Crippen LogP contribution < -0.4 is 5.32 Å². The minimum atomic E-state index is -3.54. The molecule has 1 aromatic rings. The summed E-state index contributed by atoms with van der Waals surface area (Å²) in [7, 11) is -3.54. The highest BCUT2D eigenvalue weighted by molar-refractivity contribution is 7.89. The lowest BCUT2D eigenvalue weighted by Gasteiger charge is -2.43. The fourth-order valence-corrected chi connectivity index (χ4v) is 7.49. The Hall–Kier alpha value is -1.40. The molecule has 1 saturated heterocycles. The van der Waals surface area contributed by atoms with Crippen LogP contribution in [0.1, 0.15) is 69.7 Å². The molecular weight excluding hydrogens is 372 g/mol. The van der Waals surface area contributed by atoms with Crippen molar-refractivity contribution in [3.8, 4) is 0 Å². The summed E-state index contributed by atoms with van der Waals surface area (Å²) in [5, 5.41) is 3.27. The Morgan fingerprint density at radius 2 is 1.86 bits per heavy atom. The zero-order valence-electron chi connectivity index (χ0n) is 17.2. The number of amides is 1. The van der Waals surface area contributed by atoms with E-state index in [-0.39, 0.29) is 27.7 Å². The summed E-state index contributed by atoms with van der Waals surface area (Å²) in [6.07, 6.45) is 6.42. The molecule has 0 aromatic heterocycles. The van der Waals surface area contributed by atoms with Crippen molar-refractivity contribution in [1.82, 2.24) is 9.62 Å². The maximum atomic E-state index is 13.0. The van der Waals surface area contributed by atoms with Gasteiger partial charge in [0.2, 0.25) is 10.0 Å². The summed E-state index contributed by atoms with van der Waals surface area (Å²) in [5.41, 5.74) is 0.641. The third-order valence-corrected chi connectivity index (χ3v) is 9.49. The summed E-state index contributed by atoms with van der Waals surface area (Å²) in [4.78, 5) is 13.3. The predicted octanol–water partition coefficient (Wildman–Crippen LogP) is 3.81. The summed E-state index contributed by atoms with van der Waals surface area (Å²) < 4.78 is 27.5. The van der Waals surface area contributed by atoms with Crippen molar-refractivity contribution in [2.45, 2.75) is 70.2 Å². The molecular formula is C22H32N2O3S. The van der Waals surface area contributed by atoms with Gasteiger partial charge in [0, 0.05) is 24.7 Å². The molecule has 1 amide bonds. The van der Waals surface area contributed by atoms with Gasteiger partial charge in [0.05, 0.1) is 4.90 Å². The zero-order valence-corrected chi connectivity index (χ0v) is 18.0. The number of carbonyl (C=O) groups is 1. The second-order valence-electron chi connectivity index (χ2n) is 9.81. The quantitative estimate of drug-likeness (QED) is 0.830. The molecule has 1 aliphatic heterocycles. The lowest BCUT2D eigenvalue weighted by Crippen LogP contribution is -2.52. The topological polar surface area (TPSA) is 66.5 Å². The fourth-order valence-electron chi connectivity index (χ4n) is 5.93. The highest BCUT2D eigenvalue weighted by Crippen LogP contribution is 2.62. The van der Waals surface area contributed by atoms with E-state index in [2.05, 4.69) is 26.1 Å². The minimum absolute atomic E-state index is 0.0696. The maximum Gasteiger partial charge on any atom is 0.251 e. The molecule has 4 rings (SSSR count). The molecule has 28 heavy (non-hydrogen) atoms. The number of hydrogen-bond acceptors (Lipinski definition) is 3. The normalized spacial score (nSPS) is 32.4. The molecule has 154 valence electrons. The lowest BCUT2D eigenvalue weighted by molar-refractivity contribution is 0.0737. The van der Waals surface area contributed by atoms with E-state index >= 15 is 0 Å². The predicted molar refractivity (Wildman–Crippen MR) is 110 cm³/mol. The van der Waals surface area contributed by atoms with Crippen LogP contribution >= 0.6 is 0 Å². The molecule has 1 aromatic carbocycles. The van der Waals surface area contributed by atoms with Crippen LogP contribution in [0.25, 0.3) is 0 Å². The van der Waals surface area contributed by atoms with Crippen LogP contribution in [0, 0.1) is 16.7 Å². The van der Waals surface area contributed by atoms with Gasteiger partial charge in [-0.3, -0.25) is 4.79 Å². The maximum absolute atomic E-state index is 13.0. The monoisotopic (exact) mass is 404 g/mol. The number of nitrogens with zero attached hydrogens (tertiary/aromatic N) is 1. The Kier molecular flexibility index (Phi) is 4.86. The SMILES string of the molecule is CC1(C)[C@H]2CC[C@@](C)(C2)[C@H]1NC(=O)c1cccc(S(=O)(=O)N2CCCCC2)c1. The van der Waals surface area contributed by atoms with Crippen LogP contribution in [0.5, 0.6) is 0 Å². The Morgan fingerprint density at radius 1 is 1.14 bits per heavy atom. The third kappa shape index (κ3) is 3.18. The largest absolute Gasteiger partial charge is 0.348 e. The van der Waals surface area contributed by atoms with Gasteiger partial charge >= 0.3 is 0 Å². The summed E-state index contributed by atoms with van der Waals surface area (Å²) in [5.74, 6) is 0.483. The summed E-state index contributed by atoms with van der Waals surface area (Å²) in [6.45, 7) is 7.92. The van der Waals surface area contributed by atoms with Crippen LogP contribution in [0.3, 0.4) is 0 Å². The van der Waals surface area contributed by atoms with Gasteiger partial charge in [0.15, 0.2) is 0 Å². The Bertz CT molecular complexity index is 869. The smallest absolute Gasteiger partial charge is 0.251 e. The summed E-state index contributed by atoms with van der Waals surface area (Å²) in [6, 6.07) is 6.66. The first kappa shape index (κ1) is 19.9. The Balaban J connectivity index is 1.55. The van der Waals surface area contributed by atoms with Crippen molar-refractivity contribution >= 4 is 15.9 Å². The van der Waals surface area contributed by atoms with E-state index in [0.29, 0.717) is 24.6 Å². The van der Waals surface area contributed by atoms with E-state index in [1.807, 2.05) is 0 Å². The number of fused-ring (bicyclic) bond motifs is 2. The molecule has 0 radical (unpaired) electrons. The van der Waals surface area contributed by atoms with Crippen LogP contribution in [0.15, 0.2) is 29.2 Å². The number of benzene rings is 1. The van der Waals surface area contributed by atoms with Gasteiger partial charge in [-0.25, -0.2) is 8.42 Å². The second kappa shape index (κ2) is 6.84. The highest BCUT2D eigenvalue weighted by atomic mass is 32.2. The number of piperidine rings is 1. The molecule has 2 aliphatic carbocycles. The number of nitrogens with one attached hydrogen (secondary N) is 1. The Labute approximate surface area is 168 Å². The van der Waals surface area contributed by atoms with Crippen molar-refractivity contribution < 1.29 is 13.2 Å². The van der Waals surface area contributed by atoms with Crippen molar-refractivity contribution in [1.29, 1.82) is 0 Å². The van der Waals surface area contributed by atoms with E-state index < -0.39 is 10.0 Å². The van der Waals surface area contributed by atoms with Crippen molar-refractivity contribution in [3.63, 3.8) is 0 Å². The third-order valence-electron chi connectivity index (χ3n) is 7.59. The van der Waals surface area contributed by atoms with Crippen molar-refractivity contribution in [3.05, 3.63) is 29.8 Å². The van der Waals surface area contributed by atoms with Gasteiger partial charge in [-0.2, -0.15) is 4.31 Å². The average Bonchev–Trinajstić information content (AvgIpc) is 3.17. The highest BCUT2D eigenvalue weighted by Gasteiger charge is 2.59. The minimum Gasteiger partial charge on any atom is -0.348 e. The van der Waals surface area contributed by atoms with Gasteiger partial charge in [-0.15, -0.1) is 0 Å². The molecule has 3 atom stereocenters. The zero-order chi connectivity index (χ0) is 20.2. The van der Waals surface area contributed by atoms with Crippen LogP contribution in [-0.4, -0.2) is 37.8 Å². The van der Waals surface area contributed by atoms with Crippen LogP contribution in [-0.2, 0) is 10.0 Å². The molecule has 6 heteroatoms. The standard InChI is InChI=1S/C22H32N2O3S/c1-21(2)17-10-11-22(3,15-17)20(21)23-19(25)16-8-7-9-18(14-16)28(26,27)24-12-5-4-6-13-24/h7-9,14,17,20H,4-6,10-13,15H2,1-3H3,(H,23,25)/t17-,20-,22-/m0/s1. The van der Waals surface area contributed by atoms with Crippen LogP contribution in [0.2, 0.25) is 0 Å². The first-order valence-corrected chi connectivity index (χ1v) is 12.0. The average molecular weight is 405 g/mol. The van der Waals surface area contributed by atoms with Crippen LogP contribution in [0.4, 0.5) is 0 Å². The molecule has 5 nitrogen and oxygen atoms in total. The first-order valence-electron chi connectivity index (χ1n) is 10.6. The van der Waals surface area contributed by atoms with E-state index in [1.165, 1.54) is 6.42 Å². The fraction of sp³-hybridized carbons (Fsp3) is 0.682. The summed E-state index contributed by atoms with van der Waals surface area (Å²) >= 11 is 0. The van der Waals surface area contributed by atoms with E-state index in [0.717, 1.165) is 32.1 Å². The molecule has 2 bridgehead atoms. The lowest BCUT2D eigenvalue weighted by atomic mass is 9.68. The van der Waals surface area contributed by atoms with Crippen molar-refractivity contribution in [2.24, 2.45) is 16.7 Å². The first-order chi connectivity index (χ1) is 13.1. The van der Waals surface area contributed by atoms with Gasteiger partial charge in [-0.1, -0.05) is 33.3 Å².